The average Bonchev–Trinajstić information content (AvgIpc) is 2.97. The molecule has 1 heterocycles. The summed E-state index contributed by atoms with van der Waals surface area (Å²) in [6, 6.07) is 19.1. The van der Waals surface area contributed by atoms with E-state index in [1.54, 1.807) is 43.5 Å². The molecule has 1 fully saturated rings. The molecule has 3 N–H and O–H groups in total. The molecular weight excluding hydrogens is 544 g/mol. The maximum Gasteiger partial charge on any atom is 0.490 e. The smallest absolute Gasteiger partial charge is 0.490 e. The molecule has 0 unspecified atom stereocenters. The number of nitrogens with one attached hydrogen (secondary N) is 2. The minimum absolute atomic E-state index is 0.243. The number of nitrogens with zero attached hydrogens (tertiary/aromatic N) is 2. The van der Waals surface area contributed by atoms with Crippen LogP contribution in [0.2, 0.25) is 0 Å². The third kappa shape index (κ3) is 9.02. The summed E-state index contributed by atoms with van der Waals surface area (Å²) in [5.74, 6) is -2.58. The quantitative estimate of drug-likeness (QED) is 0.361. The SMILES string of the molecule is COc1ccc(-c2cc(CNC(=O)c3cccc(C#N)c3)ccc2F)cc1CN1CCNCC1.O=C(O)C(F)(F)F. The fraction of sp³-hybridized carbons (Fsp3) is 0.276. The van der Waals surface area contributed by atoms with Crippen molar-refractivity contribution >= 4 is 11.9 Å². The number of amides is 1. The molecule has 1 saturated heterocycles. The summed E-state index contributed by atoms with van der Waals surface area (Å²) >= 11 is 0. The minimum Gasteiger partial charge on any atom is -0.496 e. The van der Waals surface area contributed by atoms with Gasteiger partial charge in [-0.15, -0.1) is 0 Å². The Kier molecular flexibility index (Phi) is 10.8. The van der Waals surface area contributed by atoms with Crippen molar-refractivity contribution in [2.75, 3.05) is 33.3 Å². The summed E-state index contributed by atoms with van der Waals surface area (Å²) in [6.07, 6.45) is -5.08. The van der Waals surface area contributed by atoms with Crippen LogP contribution in [0.3, 0.4) is 0 Å². The molecule has 0 atom stereocenters. The van der Waals surface area contributed by atoms with Gasteiger partial charge in [-0.1, -0.05) is 18.2 Å². The maximum absolute atomic E-state index is 14.8. The van der Waals surface area contributed by atoms with Crippen LogP contribution in [-0.4, -0.2) is 61.3 Å². The van der Waals surface area contributed by atoms with Gasteiger partial charge < -0.3 is 20.5 Å². The Morgan fingerprint density at radius 1 is 1.10 bits per heavy atom. The standard InChI is InChI=1S/C27H27FN4O2.C2HF3O2/c1-34-26-8-6-21(15-23(26)18-32-11-9-30-10-12-32)24-14-20(5-7-25(24)28)17-31-27(33)22-4-2-3-19(13-22)16-29;3-2(4,5)1(6)7/h2-8,13-15,30H,9-12,17-18H2,1H3,(H,31,33);(H,6,7). The fourth-order valence-electron chi connectivity index (χ4n) is 4.10. The Morgan fingerprint density at radius 3 is 2.44 bits per heavy atom. The first-order valence-electron chi connectivity index (χ1n) is 12.5. The molecule has 0 saturated carbocycles. The lowest BCUT2D eigenvalue weighted by Crippen LogP contribution is -2.42. The zero-order valence-corrected chi connectivity index (χ0v) is 22.1. The molecule has 0 bridgehead atoms. The van der Waals surface area contributed by atoms with Gasteiger partial charge in [-0.05, 0) is 53.6 Å². The molecule has 4 rings (SSSR count). The first-order chi connectivity index (χ1) is 19.5. The normalized spacial score (nSPS) is 13.4. The van der Waals surface area contributed by atoms with E-state index in [2.05, 4.69) is 15.5 Å². The first kappa shape index (κ1) is 31.1. The van der Waals surface area contributed by atoms with Crippen molar-refractivity contribution in [2.45, 2.75) is 19.3 Å². The number of methoxy groups -OCH3 is 1. The second-order valence-electron chi connectivity index (χ2n) is 9.05. The lowest BCUT2D eigenvalue weighted by atomic mass is 9.99. The number of carbonyl (C=O) groups is 2. The second kappa shape index (κ2) is 14.2. The Bertz CT molecular complexity index is 1420. The minimum atomic E-state index is -5.08. The first-order valence-corrected chi connectivity index (χ1v) is 12.5. The predicted octanol–water partition coefficient (Wildman–Crippen LogP) is 4.34. The lowest BCUT2D eigenvalue weighted by molar-refractivity contribution is -0.192. The van der Waals surface area contributed by atoms with Crippen LogP contribution in [-0.2, 0) is 17.9 Å². The highest BCUT2D eigenvalue weighted by molar-refractivity contribution is 5.94. The maximum atomic E-state index is 14.8. The van der Waals surface area contributed by atoms with E-state index < -0.39 is 12.1 Å². The van der Waals surface area contributed by atoms with E-state index in [1.807, 2.05) is 24.3 Å². The van der Waals surface area contributed by atoms with Crippen molar-refractivity contribution in [3.63, 3.8) is 0 Å². The van der Waals surface area contributed by atoms with Crippen molar-refractivity contribution in [3.05, 3.63) is 88.7 Å². The third-order valence-electron chi connectivity index (χ3n) is 6.18. The van der Waals surface area contributed by atoms with Gasteiger partial charge in [0.15, 0.2) is 0 Å². The van der Waals surface area contributed by atoms with Crippen molar-refractivity contribution in [3.8, 4) is 22.9 Å². The monoisotopic (exact) mass is 572 g/mol. The summed E-state index contributed by atoms with van der Waals surface area (Å²) in [4.78, 5) is 23.7. The van der Waals surface area contributed by atoms with Crippen LogP contribution >= 0.6 is 0 Å². The zero-order chi connectivity index (χ0) is 30.0. The van der Waals surface area contributed by atoms with E-state index in [0.29, 0.717) is 16.7 Å². The molecule has 0 spiro atoms. The molecule has 1 aliphatic heterocycles. The predicted molar refractivity (Wildman–Crippen MR) is 143 cm³/mol. The number of carboxylic acids is 1. The van der Waals surface area contributed by atoms with E-state index in [4.69, 9.17) is 19.9 Å². The van der Waals surface area contributed by atoms with Crippen LogP contribution in [0.4, 0.5) is 17.6 Å². The van der Waals surface area contributed by atoms with Crippen molar-refractivity contribution in [2.24, 2.45) is 0 Å². The van der Waals surface area contributed by atoms with Crippen LogP contribution in [0.5, 0.6) is 5.75 Å². The number of halogens is 4. The number of carbonyl (C=O) groups excluding carboxylic acids is 1. The molecule has 1 aliphatic rings. The molecule has 216 valence electrons. The number of aliphatic carboxylic acids is 1. The van der Waals surface area contributed by atoms with Gasteiger partial charge in [0.25, 0.3) is 5.91 Å². The van der Waals surface area contributed by atoms with Crippen molar-refractivity contribution in [1.82, 2.24) is 15.5 Å². The molecule has 0 radical (unpaired) electrons. The van der Waals surface area contributed by atoms with E-state index in [0.717, 1.165) is 55.2 Å². The number of hydrogen-bond acceptors (Lipinski definition) is 6. The zero-order valence-electron chi connectivity index (χ0n) is 22.1. The fourth-order valence-corrected chi connectivity index (χ4v) is 4.10. The van der Waals surface area contributed by atoms with Crippen LogP contribution in [0.25, 0.3) is 11.1 Å². The largest absolute Gasteiger partial charge is 0.496 e. The number of ether oxygens (including phenoxy) is 1. The van der Waals surface area contributed by atoms with E-state index >= 15 is 0 Å². The van der Waals surface area contributed by atoms with Gasteiger partial charge in [0.1, 0.15) is 11.6 Å². The molecule has 1 amide bonds. The molecule has 12 heteroatoms. The van der Waals surface area contributed by atoms with E-state index in [-0.39, 0.29) is 18.3 Å². The third-order valence-corrected chi connectivity index (χ3v) is 6.18. The molecule has 0 aromatic heterocycles. The summed E-state index contributed by atoms with van der Waals surface area (Å²) in [5, 5.41) is 22.3. The Morgan fingerprint density at radius 2 is 1.80 bits per heavy atom. The van der Waals surface area contributed by atoms with Gasteiger partial charge in [-0.3, -0.25) is 9.69 Å². The number of rotatable bonds is 7. The average molecular weight is 573 g/mol. The number of piperazine rings is 1. The number of alkyl halides is 3. The Labute approximate surface area is 234 Å². The van der Waals surface area contributed by atoms with E-state index in [9.17, 15) is 22.4 Å². The number of carboxylic acid groups (broad SMARTS) is 1. The topological polar surface area (TPSA) is 115 Å². The lowest BCUT2D eigenvalue weighted by Gasteiger charge is -2.28. The van der Waals surface area contributed by atoms with Gasteiger partial charge in [0.05, 0.1) is 18.7 Å². The highest BCUT2D eigenvalue weighted by Gasteiger charge is 2.38. The van der Waals surface area contributed by atoms with Gasteiger partial charge in [-0.2, -0.15) is 18.4 Å². The summed E-state index contributed by atoms with van der Waals surface area (Å²) < 4.78 is 52.1. The van der Waals surface area contributed by atoms with Crippen LogP contribution in [0, 0.1) is 17.1 Å². The van der Waals surface area contributed by atoms with Crippen LogP contribution < -0.4 is 15.4 Å². The molecule has 8 nitrogen and oxygen atoms in total. The molecule has 41 heavy (non-hydrogen) atoms. The van der Waals surface area contributed by atoms with Crippen LogP contribution in [0.15, 0.2) is 60.7 Å². The van der Waals surface area contributed by atoms with Crippen molar-refractivity contribution < 1.29 is 37.0 Å². The van der Waals surface area contributed by atoms with Gasteiger partial charge in [0.2, 0.25) is 0 Å². The second-order valence-corrected chi connectivity index (χ2v) is 9.05. The molecule has 0 aliphatic carbocycles. The Balaban J connectivity index is 0.000000587. The highest BCUT2D eigenvalue weighted by atomic mass is 19.4. The van der Waals surface area contributed by atoms with Gasteiger partial charge in [-0.25, -0.2) is 9.18 Å². The van der Waals surface area contributed by atoms with Gasteiger partial charge in [0, 0.05) is 56.0 Å². The Hall–Kier alpha value is -4.47. The van der Waals surface area contributed by atoms with Crippen LogP contribution in [0.1, 0.15) is 27.0 Å². The molecule has 3 aromatic carbocycles. The highest BCUT2D eigenvalue weighted by Crippen LogP contribution is 2.30. The summed E-state index contributed by atoms with van der Waals surface area (Å²) in [7, 11) is 1.65. The summed E-state index contributed by atoms with van der Waals surface area (Å²) in [6.45, 7) is 4.78. The number of hydrogen-bond donors (Lipinski definition) is 3. The van der Waals surface area contributed by atoms with E-state index in [1.165, 1.54) is 6.07 Å². The number of nitriles is 1. The van der Waals surface area contributed by atoms with Crippen molar-refractivity contribution in [1.29, 1.82) is 5.26 Å². The molecular formula is C29H28F4N4O4. The number of benzene rings is 3. The molecule has 3 aromatic rings. The summed E-state index contributed by atoms with van der Waals surface area (Å²) in [5.41, 5.74) is 3.86. The van der Waals surface area contributed by atoms with Gasteiger partial charge >= 0.3 is 12.1 Å².